The molecule has 1 rings (SSSR count). The predicted molar refractivity (Wildman–Crippen MR) is 104 cm³/mol. The summed E-state index contributed by atoms with van der Waals surface area (Å²) in [7, 11) is 6.10. The zero-order valence-electron chi connectivity index (χ0n) is 15.0. The summed E-state index contributed by atoms with van der Waals surface area (Å²) in [6, 6.07) is 0.517. The Balaban J connectivity index is 0.00000441. The van der Waals surface area contributed by atoms with Gasteiger partial charge in [0.2, 0.25) is 0 Å². The molecule has 0 radical (unpaired) electrons. The van der Waals surface area contributed by atoms with E-state index in [1.807, 2.05) is 13.8 Å². The number of guanidine groups is 1. The number of hydrogen-bond acceptors (Lipinski definition) is 4. The molecule has 1 aliphatic rings. The van der Waals surface area contributed by atoms with Crippen molar-refractivity contribution in [1.82, 2.24) is 20.4 Å². The zero-order chi connectivity index (χ0) is 15.9. The quantitative estimate of drug-likeness (QED) is 0.374. The Morgan fingerprint density at radius 2 is 1.95 bits per heavy atom. The fourth-order valence-electron chi connectivity index (χ4n) is 2.21. The number of hydrogen-bond donors (Lipinski definition) is 2. The highest BCUT2D eigenvalue weighted by Gasteiger charge is 2.22. The van der Waals surface area contributed by atoms with Crippen molar-refractivity contribution in [3.8, 4) is 0 Å². The molecule has 0 saturated carbocycles. The minimum atomic E-state index is -0.232. The largest absolute Gasteiger partial charge is 0.377 e. The van der Waals surface area contributed by atoms with Gasteiger partial charge in [-0.2, -0.15) is 0 Å². The summed E-state index contributed by atoms with van der Waals surface area (Å²) in [6.45, 7) is 11.9. The molecule has 1 heterocycles. The van der Waals surface area contributed by atoms with Gasteiger partial charge < -0.3 is 20.3 Å². The number of nitrogens with zero attached hydrogens (tertiary/aromatic N) is 3. The summed E-state index contributed by atoms with van der Waals surface area (Å²) in [4.78, 5) is 9.41. The van der Waals surface area contributed by atoms with Crippen LogP contribution in [0.5, 0.6) is 0 Å². The van der Waals surface area contributed by atoms with Crippen LogP contribution >= 0.6 is 24.0 Å². The first kappa shape index (κ1) is 21.9. The molecule has 0 spiro atoms. The maximum atomic E-state index is 5.41. The highest BCUT2D eigenvalue weighted by molar-refractivity contribution is 14.0. The van der Waals surface area contributed by atoms with Crippen molar-refractivity contribution in [3.05, 3.63) is 0 Å². The second kappa shape index (κ2) is 10.6. The second-order valence-corrected chi connectivity index (χ2v) is 6.44. The van der Waals surface area contributed by atoms with E-state index in [0.717, 1.165) is 38.7 Å². The number of nitrogens with one attached hydrogen (secondary N) is 2. The number of methoxy groups -OCH3 is 1. The third-order valence-corrected chi connectivity index (χ3v) is 4.00. The predicted octanol–water partition coefficient (Wildman–Crippen LogP) is 0.830. The lowest BCUT2D eigenvalue weighted by Crippen LogP contribution is -2.55. The zero-order valence-corrected chi connectivity index (χ0v) is 17.3. The molecule has 1 fully saturated rings. The Bertz CT molecular complexity index is 338. The fraction of sp³-hybridized carbons (Fsp3) is 0.933. The first-order valence-electron chi connectivity index (χ1n) is 7.84. The van der Waals surface area contributed by atoms with Gasteiger partial charge in [-0.25, -0.2) is 0 Å². The molecule has 0 bridgehead atoms. The first-order chi connectivity index (χ1) is 9.88. The van der Waals surface area contributed by atoms with Gasteiger partial charge >= 0.3 is 0 Å². The number of rotatable bonds is 6. The summed E-state index contributed by atoms with van der Waals surface area (Å²) in [5, 5.41) is 6.75. The summed E-state index contributed by atoms with van der Waals surface area (Å²) >= 11 is 0. The van der Waals surface area contributed by atoms with Crippen molar-refractivity contribution in [2.24, 2.45) is 4.99 Å². The SMILES string of the molecule is CCNC(=NCC(C)(C)OC)NCC1CN(C)CCN1C.I. The van der Waals surface area contributed by atoms with E-state index in [1.165, 1.54) is 0 Å². The molecule has 132 valence electrons. The van der Waals surface area contributed by atoms with Gasteiger partial charge in [0, 0.05) is 45.9 Å². The van der Waals surface area contributed by atoms with Gasteiger partial charge in [0.15, 0.2) is 5.96 Å². The molecule has 0 aromatic carbocycles. The Hall–Kier alpha value is -0.120. The summed E-state index contributed by atoms with van der Waals surface area (Å²) in [5.41, 5.74) is -0.232. The van der Waals surface area contributed by atoms with Gasteiger partial charge in [-0.1, -0.05) is 0 Å². The van der Waals surface area contributed by atoms with Gasteiger partial charge in [-0.15, -0.1) is 24.0 Å². The van der Waals surface area contributed by atoms with Crippen molar-refractivity contribution in [2.45, 2.75) is 32.4 Å². The molecular weight excluding hydrogens is 393 g/mol. The molecule has 6 nitrogen and oxygen atoms in total. The summed E-state index contributed by atoms with van der Waals surface area (Å²) in [5.74, 6) is 0.865. The van der Waals surface area contributed by atoms with Crippen LogP contribution in [0.2, 0.25) is 0 Å². The molecule has 0 amide bonds. The molecule has 2 N–H and O–H groups in total. The van der Waals surface area contributed by atoms with E-state index in [9.17, 15) is 0 Å². The van der Waals surface area contributed by atoms with Crippen LogP contribution in [0.4, 0.5) is 0 Å². The van der Waals surface area contributed by atoms with Gasteiger partial charge in [0.1, 0.15) is 0 Å². The maximum absolute atomic E-state index is 5.41. The average molecular weight is 427 g/mol. The third kappa shape index (κ3) is 7.94. The van der Waals surface area contributed by atoms with Gasteiger partial charge in [-0.3, -0.25) is 9.89 Å². The minimum Gasteiger partial charge on any atom is -0.377 e. The van der Waals surface area contributed by atoms with Crippen LogP contribution in [-0.2, 0) is 4.74 Å². The lowest BCUT2D eigenvalue weighted by atomic mass is 10.1. The van der Waals surface area contributed by atoms with Gasteiger partial charge in [0.05, 0.1) is 12.1 Å². The molecular formula is C15H34IN5O. The summed E-state index contributed by atoms with van der Waals surface area (Å²) in [6.07, 6.45) is 0. The van der Waals surface area contributed by atoms with Crippen LogP contribution in [0, 0.1) is 0 Å². The van der Waals surface area contributed by atoms with Gasteiger partial charge in [0.25, 0.3) is 0 Å². The van der Waals surface area contributed by atoms with E-state index in [4.69, 9.17) is 4.74 Å². The van der Waals surface area contributed by atoms with Crippen LogP contribution in [-0.4, -0.2) is 87.9 Å². The minimum absolute atomic E-state index is 0. The number of ether oxygens (including phenoxy) is 1. The lowest BCUT2D eigenvalue weighted by molar-refractivity contribution is 0.0310. The van der Waals surface area contributed by atoms with E-state index >= 15 is 0 Å². The molecule has 1 saturated heterocycles. The smallest absolute Gasteiger partial charge is 0.191 e. The number of halogens is 1. The van der Waals surface area contributed by atoms with Crippen LogP contribution < -0.4 is 10.6 Å². The van der Waals surface area contributed by atoms with E-state index in [0.29, 0.717) is 12.6 Å². The van der Waals surface area contributed by atoms with Gasteiger partial charge in [-0.05, 0) is 34.9 Å². The molecule has 1 atom stereocenters. The van der Waals surface area contributed by atoms with Crippen molar-refractivity contribution < 1.29 is 4.74 Å². The monoisotopic (exact) mass is 427 g/mol. The molecule has 1 aliphatic heterocycles. The van der Waals surface area contributed by atoms with Crippen molar-refractivity contribution in [1.29, 1.82) is 0 Å². The number of piperazine rings is 1. The maximum Gasteiger partial charge on any atom is 0.191 e. The Morgan fingerprint density at radius 1 is 1.27 bits per heavy atom. The second-order valence-electron chi connectivity index (χ2n) is 6.44. The number of likely N-dealkylation sites (N-methyl/N-ethyl adjacent to an activating group) is 2. The lowest BCUT2D eigenvalue weighted by Gasteiger charge is -2.38. The fourth-order valence-corrected chi connectivity index (χ4v) is 2.21. The Kier molecular flexibility index (Phi) is 10.6. The molecule has 0 aliphatic carbocycles. The molecule has 22 heavy (non-hydrogen) atoms. The van der Waals surface area contributed by atoms with Crippen molar-refractivity contribution >= 4 is 29.9 Å². The molecule has 7 heteroatoms. The average Bonchev–Trinajstić information content (AvgIpc) is 2.45. The molecule has 0 aromatic rings. The van der Waals surface area contributed by atoms with E-state index in [1.54, 1.807) is 7.11 Å². The van der Waals surface area contributed by atoms with E-state index < -0.39 is 0 Å². The number of aliphatic imine (C=N–C) groups is 1. The molecule has 1 unspecified atom stereocenters. The molecule has 0 aromatic heterocycles. The van der Waals surface area contributed by atoms with Crippen LogP contribution in [0.3, 0.4) is 0 Å². The highest BCUT2D eigenvalue weighted by Crippen LogP contribution is 2.07. The topological polar surface area (TPSA) is 52.1 Å². The van der Waals surface area contributed by atoms with Crippen LogP contribution in [0.25, 0.3) is 0 Å². The highest BCUT2D eigenvalue weighted by atomic mass is 127. The van der Waals surface area contributed by atoms with E-state index in [-0.39, 0.29) is 29.6 Å². The van der Waals surface area contributed by atoms with Crippen LogP contribution in [0.1, 0.15) is 20.8 Å². The van der Waals surface area contributed by atoms with Crippen molar-refractivity contribution in [3.63, 3.8) is 0 Å². The standard InChI is InChI=1S/C15H33N5O.HI/c1-7-16-14(18-12-15(2,3)21-6)17-10-13-11-19(4)8-9-20(13)5;/h13H,7-12H2,1-6H3,(H2,16,17,18);1H. The first-order valence-corrected chi connectivity index (χ1v) is 7.84. The Morgan fingerprint density at radius 3 is 2.55 bits per heavy atom. The van der Waals surface area contributed by atoms with E-state index in [2.05, 4.69) is 46.4 Å². The Labute approximate surface area is 153 Å². The third-order valence-electron chi connectivity index (χ3n) is 4.00. The van der Waals surface area contributed by atoms with Crippen molar-refractivity contribution in [2.75, 3.05) is 60.5 Å². The normalized spacial score (nSPS) is 21.4. The van der Waals surface area contributed by atoms with Crippen LogP contribution in [0.15, 0.2) is 4.99 Å². The summed E-state index contributed by atoms with van der Waals surface area (Å²) < 4.78 is 5.41.